The molecule has 0 atom stereocenters. The Kier molecular flexibility index (Phi) is 3.68. The molecule has 0 radical (unpaired) electrons. The van der Waals surface area contributed by atoms with Crippen LogP contribution in [0.3, 0.4) is 0 Å². The van der Waals surface area contributed by atoms with E-state index in [0.717, 1.165) is 17.1 Å². The van der Waals surface area contributed by atoms with Gasteiger partial charge in [0.2, 0.25) is 12.7 Å². The maximum absolute atomic E-state index is 12.0. The third kappa shape index (κ3) is 3.09. The van der Waals surface area contributed by atoms with Gasteiger partial charge in [0, 0.05) is 25.4 Å². The zero-order chi connectivity index (χ0) is 14.8. The summed E-state index contributed by atoms with van der Waals surface area (Å²) >= 11 is 0. The number of carbonyl (C=O) groups is 2. The molecule has 21 heavy (non-hydrogen) atoms. The van der Waals surface area contributed by atoms with Crippen LogP contribution in [0.5, 0.6) is 11.5 Å². The highest BCUT2D eigenvalue weighted by Crippen LogP contribution is 2.32. The molecule has 112 valence electrons. The molecule has 1 N–H and O–H groups in total. The third-order valence-corrected chi connectivity index (χ3v) is 3.84. The van der Waals surface area contributed by atoms with Crippen molar-refractivity contribution in [3.63, 3.8) is 0 Å². The molecule has 0 spiro atoms. The first-order valence-electron chi connectivity index (χ1n) is 7.00. The SMILES string of the molecule is O=C(O)CC1CN(C(=O)CCc2ccc3c(c2)OCO3)C1. The summed E-state index contributed by atoms with van der Waals surface area (Å²) in [5.41, 5.74) is 1.04. The fourth-order valence-corrected chi connectivity index (χ4v) is 2.66. The Hall–Kier alpha value is -2.24. The van der Waals surface area contributed by atoms with Crippen LogP contribution in [0.4, 0.5) is 0 Å². The summed E-state index contributed by atoms with van der Waals surface area (Å²) in [5.74, 6) is 0.855. The fourth-order valence-electron chi connectivity index (χ4n) is 2.66. The molecule has 1 amide bonds. The van der Waals surface area contributed by atoms with Crippen molar-refractivity contribution >= 4 is 11.9 Å². The first kappa shape index (κ1) is 13.7. The molecule has 1 fully saturated rings. The van der Waals surface area contributed by atoms with E-state index in [9.17, 15) is 9.59 Å². The minimum absolute atomic E-state index is 0.0781. The summed E-state index contributed by atoms with van der Waals surface area (Å²) in [7, 11) is 0. The zero-order valence-corrected chi connectivity index (χ0v) is 11.6. The van der Waals surface area contributed by atoms with E-state index in [1.807, 2.05) is 18.2 Å². The lowest BCUT2D eigenvalue weighted by atomic mass is 9.95. The fraction of sp³-hybridized carbons (Fsp3) is 0.467. The molecule has 3 rings (SSSR count). The van der Waals surface area contributed by atoms with Gasteiger partial charge in [0.05, 0.1) is 6.42 Å². The minimum atomic E-state index is -0.799. The summed E-state index contributed by atoms with van der Waals surface area (Å²) in [6, 6.07) is 5.69. The number of amides is 1. The highest BCUT2D eigenvalue weighted by atomic mass is 16.7. The van der Waals surface area contributed by atoms with Gasteiger partial charge in [0.15, 0.2) is 11.5 Å². The van der Waals surface area contributed by atoms with Crippen molar-refractivity contribution in [3.8, 4) is 11.5 Å². The molecular formula is C15H17NO5. The zero-order valence-electron chi connectivity index (χ0n) is 11.6. The molecule has 1 aromatic rings. The van der Waals surface area contributed by atoms with Gasteiger partial charge in [0.1, 0.15) is 0 Å². The number of ether oxygens (including phenoxy) is 2. The minimum Gasteiger partial charge on any atom is -0.481 e. The number of aliphatic carboxylic acids is 1. The molecule has 1 saturated heterocycles. The number of aryl methyl sites for hydroxylation is 1. The summed E-state index contributed by atoms with van der Waals surface area (Å²) in [6.45, 7) is 1.37. The second-order valence-corrected chi connectivity index (χ2v) is 5.45. The Morgan fingerprint density at radius 2 is 2.00 bits per heavy atom. The van der Waals surface area contributed by atoms with Gasteiger partial charge in [-0.15, -0.1) is 0 Å². The molecular weight excluding hydrogens is 274 g/mol. The van der Waals surface area contributed by atoms with Crippen molar-refractivity contribution in [1.82, 2.24) is 4.90 Å². The van der Waals surface area contributed by atoms with E-state index >= 15 is 0 Å². The van der Waals surface area contributed by atoms with Gasteiger partial charge in [-0.3, -0.25) is 9.59 Å². The third-order valence-electron chi connectivity index (χ3n) is 3.84. The standard InChI is InChI=1S/C15H17NO5/c17-14(16-7-11(8-16)6-15(18)19)4-2-10-1-3-12-13(5-10)21-9-20-12/h1,3,5,11H,2,4,6-9H2,(H,18,19). The number of carboxylic acids is 1. The van der Waals surface area contributed by atoms with Crippen molar-refractivity contribution in [2.45, 2.75) is 19.3 Å². The number of carboxylic acid groups (broad SMARTS) is 1. The summed E-state index contributed by atoms with van der Waals surface area (Å²) in [5, 5.41) is 8.68. The molecule has 2 aliphatic rings. The normalized spacial score (nSPS) is 16.7. The van der Waals surface area contributed by atoms with Crippen LogP contribution in [0, 0.1) is 5.92 Å². The first-order chi connectivity index (χ1) is 10.1. The quantitative estimate of drug-likeness (QED) is 0.884. The predicted octanol–water partition coefficient (Wildman–Crippen LogP) is 1.28. The van der Waals surface area contributed by atoms with E-state index in [1.54, 1.807) is 4.90 Å². The predicted molar refractivity (Wildman–Crippen MR) is 73.2 cm³/mol. The van der Waals surface area contributed by atoms with Crippen molar-refractivity contribution in [2.75, 3.05) is 19.9 Å². The molecule has 6 heteroatoms. The molecule has 2 heterocycles. The summed E-state index contributed by atoms with van der Waals surface area (Å²) in [6.07, 6.45) is 1.22. The van der Waals surface area contributed by atoms with E-state index in [1.165, 1.54) is 0 Å². The Morgan fingerprint density at radius 1 is 1.24 bits per heavy atom. The van der Waals surface area contributed by atoms with Crippen molar-refractivity contribution < 1.29 is 24.2 Å². The van der Waals surface area contributed by atoms with Gasteiger partial charge < -0.3 is 19.5 Å². The Bertz CT molecular complexity index is 565. The molecule has 0 unspecified atom stereocenters. The van der Waals surface area contributed by atoms with Gasteiger partial charge in [-0.05, 0) is 24.1 Å². The molecule has 2 aliphatic heterocycles. The Balaban J connectivity index is 1.45. The van der Waals surface area contributed by atoms with E-state index in [4.69, 9.17) is 14.6 Å². The van der Waals surface area contributed by atoms with Crippen LogP contribution in [0.15, 0.2) is 18.2 Å². The van der Waals surface area contributed by atoms with Crippen molar-refractivity contribution in [3.05, 3.63) is 23.8 Å². The molecule has 0 aliphatic carbocycles. The van der Waals surface area contributed by atoms with Crippen LogP contribution in [0.2, 0.25) is 0 Å². The highest BCUT2D eigenvalue weighted by molar-refractivity contribution is 5.77. The summed E-state index contributed by atoms with van der Waals surface area (Å²) in [4.78, 5) is 24.3. The number of hydrogen-bond acceptors (Lipinski definition) is 4. The van der Waals surface area contributed by atoms with E-state index in [0.29, 0.717) is 25.9 Å². The molecule has 0 saturated carbocycles. The van der Waals surface area contributed by atoms with E-state index in [2.05, 4.69) is 0 Å². The number of carbonyl (C=O) groups excluding carboxylic acids is 1. The molecule has 6 nitrogen and oxygen atoms in total. The van der Waals surface area contributed by atoms with Crippen LogP contribution in [-0.2, 0) is 16.0 Å². The molecule has 0 aromatic heterocycles. The number of hydrogen-bond donors (Lipinski definition) is 1. The van der Waals surface area contributed by atoms with Gasteiger partial charge in [-0.2, -0.15) is 0 Å². The highest BCUT2D eigenvalue weighted by Gasteiger charge is 2.31. The van der Waals surface area contributed by atoms with Gasteiger partial charge in [-0.1, -0.05) is 6.07 Å². The largest absolute Gasteiger partial charge is 0.481 e. The van der Waals surface area contributed by atoms with Crippen LogP contribution in [-0.4, -0.2) is 41.8 Å². The Morgan fingerprint density at radius 3 is 2.76 bits per heavy atom. The average Bonchev–Trinajstić information content (AvgIpc) is 2.86. The lowest BCUT2D eigenvalue weighted by Gasteiger charge is -2.38. The number of benzene rings is 1. The van der Waals surface area contributed by atoms with Gasteiger partial charge >= 0.3 is 5.97 Å². The van der Waals surface area contributed by atoms with Crippen molar-refractivity contribution in [2.24, 2.45) is 5.92 Å². The number of likely N-dealkylation sites (tertiary alicyclic amines) is 1. The van der Waals surface area contributed by atoms with Crippen molar-refractivity contribution in [1.29, 1.82) is 0 Å². The Labute approximate surface area is 122 Å². The second-order valence-electron chi connectivity index (χ2n) is 5.45. The summed E-state index contributed by atoms with van der Waals surface area (Å²) < 4.78 is 10.5. The average molecular weight is 291 g/mol. The number of nitrogens with zero attached hydrogens (tertiary/aromatic N) is 1. The van der Waals surface area contributed by atoms with Crippen LogP contribution in [0.25, 0.3) is 0 Å². The monoisotopic (exact) mass is 291 g/mol. The maximum atomic E-state index is 12.0. The first-order valence-corrected chi connectivity index (χ1v) is 7.00. The lowest BCUT2D eigenvalue weighted by Crippen LogP contribution is -2.50. The molecule has 1 aromatic carbocycles. The number of fused-ring (bicyclic) bond motifs is 1. The lowest BCUT2D eigenvalue weighted by molar-refractivity contribution is -0.145. The molecule has 0 bridgehead atoms. The topological polar surface area (TPSA) is 76.1 Å². The smallest absolute Gasteiger partial charge is 0.303 e. The van der Waals surface area contributed by atoms with Crippen LogP contribution >= 0.6 is 0 Å². The van der Waals surface area contributed by atoms with Crippen LogP contribution < -0.4 is 9.47 Å². The van der Waals surface area contributed by atoms with Gasteiger partial charge in [-0.25, -0.2) is 0 Å². The maximum Gasteiger partial charge on any atom is 0.303 e. The van der Waals surface area contributed by atoms with Gasteiger partial charge in [0.25, 0.3) is 0 Å². The number of rotatable bonds is 5. The second kappa shape index (κ2) is 5.63. The van der Waals surface area contributed by atoms with E-state index < -0.39 is 5.97 Å². The van der Waals surface area contributed by atoms with E-state index in [-0.39, 0.29) is 25.0 Å². The van der Waals surface area contributed by atoms with Crippen LogP contribution in [0.1, 0.15) is 18.4 Å².